The van der Waals surface area contributed by atoms with E-state index in [1.54, 1.807) is 0 Å². The Morgan fingerprint density at radius 1 is 0.625 bits per heavy atom. The first-order valence-corrected chi connectivity index (χ1v) is 10.8. The molecule has 8 heteroatoms. The summed E-state index contributed by atoms with van der Waals surface area (Å²) in [5.74, 6) is -4.54. The standard InChI is InChI=1S/C16H10Br2F4S2/c17-11-1-7-3-23-5-9-13(19)15(21)10(16(22)14(9)20)6-24-4-8(11)2-12(7)18/h1-2H,3-6H2. The van der Waals surface area contributed by atoms with Gasteiger partial charge in [-0.2, -0.15) is 23.5 Å². The average Bonchev–Trinajstić information content (AvgIpc) is 2.55. The van der Waals surface area contributed by atoms with Crippen LogP contribution in [0.15, 0.2) is 21.1 Å². The van der Waals surface area contributed by atoms with E-state index in [-0.39, 0.29) is 11.5 Å². The van der Waals surface area contributed by atoms with E-state index >= 15 is 0 Å². The van der Waals surface area contributed by atoms with Crippen LogP contribution in [0.25, 0.3) is 0 Å². The molecule has 2 aromatic carbocycles. The zero-order valence-corrected chi connectivity index (χ0v) is 16.9. The number of thioether (sulfide) groups is 2. The molecule has 0 radical (unpaired) electrons. The zero-order valence-electron chi connectivity index (χ0n) is 12.1. The Kier molecular flexibility index (Phi) is 5.89. The van der Waals surface area contributed by atoms with Crippen LogP contribution in [0, 0.1) is 23.3 Å². The van der Waals surface area contributed by atoms with Crippen molar-refractivity contribution in [1.82, 2.24) is 0 Å². The summed E-state index contributed by atoms with van der Waals surface area (Å²) < 4.78 is 58.3. The molecular formula is C16H10Br2F4S2. The highest BCUT2D eigenvalue weighted by atomic mass is 79.9. The molecule has 4 aliphatic rings. The van der Waals surface area contributed by atoms with Crippen molar-refractivity contribution in [3.63, 3.8) is 0 Å². The molecule has 0 saturated heterocycles. The highest BCUT2D eigenvalue weighted by molar-refractivity contribution is 9.11. The molecule has 0 amide bonds. The van der Waals surface area contributed by atoms with Gasteiger partial charge in [0.15, 0.2) is 23.3 Å². The second kappa shape index (κ2) is 7.60. The molecule has 0 nitrogen and oxygen atoms in total. The van der Waals surface area contributed by atoms with Crippen LogP contribution in [0.5, 0.6) is 0 Å². The van der Waals surface area contributed by atoms with Crippen LogP contribution in [0.1, 0.15) is 22.3 Å². The van der Waals surface area contributed by atoms with Gasteiger partial charge in [-0.1, -0.05) is 31.9 Å². The lowest BCUT2D eigenvalue weighted by molar-refractivity contribution is 0.435. The summed E-state index contributed by atoms with van der Waals surface area (Å²) >= 11 is 9.39. The summed E-state index contributed by atoms with van der Waals surface area (Å²) in [4.78, 5) is 0. The summed E-state index contributed by atoms with van der Waals surface area (Å²) in [7, 11) is 0. The molecule has 0 unspecified atom stereocenters. The maximum absolute atomic E-state index is 14.1. The summed E-state index contributed by atoms with van der Waals surface area (Å²) in [5.41, 5.74) is 0.785. The molecular weight excluding hydrogens is 492 g/mol. The Balaban J connectivity index is 2.06. The van der Waals surface area contributed by atoms with E-state index in [0.29, 0.717) is 11.5 Å². The number of hydrogen-bond acceptors (Lipinski definition) is 2. The molecule has 4 heterocycles. The lowest BCUT2D eigenvalue weighted by Crippen LogP contribution is -2.08. The second-order valence-electron chi connectivity index (χ2n) is 5.23. The smallest absolute Gasteiger partial charge is 0.166 e. The van der Waals surface area contributed by atoms with Crippen LogP contribution in [-0.4, -0.2) is 0 Å². The van der Waals surface area contributed by atoms with E-state index in [1.807, 2.05) is 12.1 Å². The normalized spacial score (nSPS) is 14.9. The molecule has 0 spiro atoms. The van der Waals surface area contributed by atoms with Gasteiger partial charge in [-0.15, -0.1) is 0 Å². The Morgan fingerprint density at radius 2 is 0.958 bits per heavy atom. The number of halogens is 6. The molecule has 2 aromatic rings. The van der Waals surface area contributed by atoms with E-state index in [4.69, 9.17) is 0 Å². The van der Waals surface area contributed by atoms with Gasteiger partial charge in [0.05, 0.1) is 0 Å². The van der Waals surface area contributed by atoms with Crippen LogP contribution in [0.3, 0.4) is 0 Å². The minimum absolute atomic E-state index is 0.148. The first kappa shape index (κ1) is 18.6. The lowest BCUT2D eigenvalue weighted by Gasteiger charge is -2.15. The Hall–Kier alpha value is -0.180. The fourth-order valence-electron chi connectivity index (χ4n) is 2.35. The molecule has 24 heavy (non-hydrogen) atoms. The largest absolute Gasteiger partial charge is 0.203 e. The van der Waals surface area contributed by atoms with E-state index in [1.165, 1.54) is 23.5 Å². The van der Waals surface area contributed by atoms with Gasteiger partial charge in [0.25, 0.3) is 0 Å². The van der Waals surface area contributed by atoms with E-state index < -0.39 is 34.4 Å². The van der Waals surface area contributed by atoms with Gasteiger partial charge >= 0.3 is 0 Å². The maximum atomic E-state index is 14.1. The van der Waals surface area contributed by atoms with Gasteiger partial charge in [-0.3, -0.25) is 0 Å². The summed E-state index contributed by atoms with van der Waals surface area (Å²) in [5, 5.41) is 0. The number of hydrogen-bond donors (Lipinski definition) is 0. The van der Waals surface area contributed by atoms with Gasteiger partial charge in [0, 0.05) is 43.1 Å². The Bertz CT molecular complexity index is 716. The van der Waals surface area contributed by atoms with Gasteiger partial charge in [-0.05, 0) is 23.3 Å². The quantitative estimate of drug-likeness (QED) is 0.283. The van der Waals surface area contributed by atoms with Gasteiger partial charge in [-0.25, -0.2) is 17.6 Å². The van der Waals surface area contributed by atoms with Crippen molar-refractivity contribution < 1.29 is 17.6 Å². The van der Waals surface area contributed by atoms with E-state index in [9.17, 15) is 17.6 Å². The van der Waals surface area contributed by atoms with Gasteiger partial charge in [0.2, 0.25) is 0 Å². The second-order valence-corrected chi connectivity index (χ2v) is 8.91. The molecule has 0 N–H and O–H groups in total. The summed E-state index contributed by atoms with van der Waals surface area (Å²) in [6, 6.07) is 3.91. The lowest BCUT2D eigenvalue weighted by atomic mass is 10.1. The van der Waals surface area contributed by atoms with Crippen LogP contribution in [0.2, 0.25) is 0 Å². The molecule has 4 aliphatic heterocycles. The Labute approximate surface area is 162 Å². The minimum atomic E-state index is -1.29. The third-order valence-corrected chi connectivity index (χ3v) is 7.16. The van der Waals surface area contributed by atoms with Crippen molar-refractivity contribution in [3.8, 4) is 0 Å². The average molecular weight is 502 g/mol. The van der Waals surface area contributed by atoms with E-state index in [2.05, 4.69) is 31.9 Å². The van der Waals surface area contributed by atoms with Crippen molar-refractivity contribution in [2.45, 2.75) is 23.0 Å². The van der Waals surface area contributed by atoms with Crippen LogP contribution in [-0.2, 0) is 23.0 Å². The fourth-order valence-corrected chi connectivity index (χ4v) is 5.82. The zero-order chi connectivity index (χ0) is 17.4. The first-order valence-electron chi connectivity index (χ1n) is 6.86. The predicted octanol–water partition coefficient (Wildman–Crippen LogP) is 6.95. The van der Waals surface area contributed by atoms with E-state index in [0.717, 1.165) is 20.1 Å². The van der Waals surface area contributed by atoms with Crippen LogP contribution < -0.4 is 0 Å². The monoisotopic (exact) mass is 500 g/mol. The first-order chi connectivity index (χ1) is 11.4. The fraction of sp³-hybridized carbons (Fsp3) is 0.250. The number of rotatable bonds is 0. The van der Waals surface area contributed by atoms with Crippen molar-refractivity contribution in [2.24, 2.45) is 0 Å². The van der Waals surface area contributed by atoms with Gasteiger partial charge < -0.3 is 0 Å². The maximum Gasteiger partial charge on any atom is 0.166 e. The Morgan fingerprint density at radius 3 is 1.29 bits per heavy atom. The highest BCUT2D eigenvalue weighted by Crippen LogP contribution is 2.35. The number of benzene rings is 2. The molecule has 0 saturated carbocycles. The van der Waals surface area contributed by atoms with Crippen molar-refractivity contribution in [2.75, 3.05) is 0 Å². The molecule has 0 fully saturated rings. The third kappa shape index (κ3) is 3.52. The van der Waals surface area contributed by atoms with Crippen molar-refractivity contribution in [1.29, 1.82) is 0 Å². The summed E-state index contributed by atoms with van der Waals surface area (Å²) in [6.45, 7) is 0. The SMILES string of the molecule is Fc1c(F)c2c(F)c(F)c1CSCc1cc(Br)c(cc1Br)CSC2. The molecule has 4 bridgehead atoms. The molecule has 6 rings (SSSR count). The van der Waals surface area contributed by atoms with Crippen molar-refractivity contribution >= 4 is 55.4 Å². The topological polar surface area (TPSA) is 0 Å². The van der Waals surface area contributed by atoms with Crippen LogP contribution >= 0.6 is 55.4 Å². The van der Waals surface area contributed by atoms with Crippen molar-refractivity contribution in [3.05, 3.63) is 66.6 Å². The molecule has 128 valence electrons. The van der Waals surface area contributed by atoms with Crippen LogP contribution in [0.4, 0.5) is 17.6 Å². The molecule has 0 aromatic heterocycles. The highest BCUT2D eigenvalue weighted by Gasteiger charge is 2.25. The predicted molar refractivity (Wildman–Crippen MR) is 98.1 cm³/mol. The minimum Gasteiger partial charge on any atom is -0.203 e. The molecule has 0 aliphatic carbocycles. The molecule has 0 atom stereocenters. The van der Waals surface area contributed by atoms with Gasteiger partial charge in [0.1, 0.15) is 0 Å². The third-order valence-electron chi connectivity index (χ3n) is 3.67. The summed E-state index contributed by atoms with van der Waals surface area (Å²) in [6.07, 6.45) is 0.